The van der Waals surface area contributed by atoms with E-state index in [4.69, 9.17) is 9.47 Å². The van der Waals surface area contributed by atoms with Crippen molar-refractivity contribution >= 4 is 5.69 Å². The molecule has 4 rings (SSSR count). The second kappa shape index (κ2) is 6.67. The Morgan fingerprint density at radius 3 is 2.33 bits per heavy atom. The molecule has 3 aromatic carbocycles. The number of anilines is 1. The van der Waals surface area contributed by atoms with Crippen LogP contribution in [0.5, 0.6) is 17.2 Å². The van der Waals surface area contributed by atoms with Crippen LogP contribution in [0.2, 0.25) is 0 Å². The van der Waals surface area contributed by atoms with Crippen LogP contribution in [-0.2, 0) is 0 Å². The molecule has 0 aliphatic carbocycles. The van der Waals surface area contributed by atoms with Crippen LogP contribution >= 0.6 is 0 Å². The highest BCUT2D eigenvalue weighted by Crippen LogP contribution is 2.34. The van der Waals surface area contributed by atoms with Crippen molar-refractivity contribution in [1.82, 2.24) is 0 Å². The maximum absolute atomic E-state index is 5.83. The van der Waals surface area contributed by atoms with E-state index in [0.29, 0.717) is 0 Å². The van der Waals surface area contributed by atoms with E-state index in [9.17, 15) is 0 Å². The zero-order valence-corrected chi connectivity index (χ0v) is 13.3. The Balaban J connectivity index is 1.46. The zero-order valence-electron chi connectivity index (χ0n) is 13.3. The molecular formula is C21H19NO2. The van der Waals surface area contributed by atoms with E-state index in [1.165, 1.54) is 5.56 Å². The van der Waals surface area contributed by atoms with E-state index in [1.54, 1.807) is 0 Å². The number of para-hydroxylation sites is 2. The maximum Gasteiger partial charge on any atom is 0.127 e. The lowest BCUT2D eigenvalue weighted by molar-refractivity contribution is 0.274. The van der Waals surface area contributed by atoms with E-state index >= 15 is 0 Å². The first-order valence-electron chi connectivity index (χ1n) is 8.20. The second-order valence-corrected chi connectivity index (χ2v) is 5.81. The van der Waals surface area contributed by atoms with Crippen molar-refractivity contribution in [2.75, 3.05) is 11.9 Å². The van der Waals surface area contributed by atoms with E-state index in [1.807, 2.05) is 54.6 Å². The Kier molecular flexibility index (Phi) is 4.07. The van der Waals surface area contributed by atoms with Gasteiger partial charge in [0.25, 0.3) is 0 Å². The summed E-state index contributed by atoms with van der Waals surface area (Å²) in [5, 5.41) is 3.59. The molecule has 1 atom stereocenters. The highest BCUT2D eigenvalue weighted by atomic mass is 16.5. The molecule has 1 heterocycles. The minimum absolute atomic E-state index is 0.274. The SMILES string of the molecule is c1ccc(Oc2ccc(NC3CCOc4ccccc43)cc2)cc1. The van der Waals surface area contributed by atoms with Gasteiger partial charge in [0.1, 0.15) is 17.2 Å². The predicted octanol–water partition coefficient (Wildman–Crippen LogP) is 5.41. The smallest absolute Gasteiger partial charge is 0.127 e. The first kappa shape index (κ1) is 14.6. The Labute approximate surface area is 141 Å². The van der Waals surface area contributed by atoms with Crippen molar-refractivity contribution < 1.29 is 9.47 Å². The van der Waals surface area contributed by atoms with Crippen LogP contribution in [0.15, 0.2) is 78.9 Å². The monoisotopic (exact) mass is 317 g/mol. The molecule has 1 aliphatic rings. The van der Waals surface area contributed by atoms with Crippen molar-refractivity contribution in [3.8, 4) is 17.2 Å². The summed E-state index contributed by atoms with van der Waals surface area (Å²) in [6.45, 7) is 0.740. The number of ether oxygens (including phenoxy) is 2. The first-order chi connectivity index (χ1) is 11.9. The van der Waals surface area contributed by atoms with E-state index in [2.05, 4.69) is 29.6 Å². The fourth-order valence-corrected chi connectivity index (χ4v) is 2.94. The number of nitrogens with one attached hydrogen (secondary N) is 1. The molecule has 0 bridgehead atoms. The maximum atomic E-state index is 5.83. The summed E-state index contributed by atoms with van der Waals surface area (Å²) in [6, 6.07) is 26.4. The van der Waals surface area contributed by atoms with Gasteiger partial charge >= 0.3 is 0 Å². The molecule has 0 saturated heterocycles. The van der Waals surface area contributed by atoms with Crippen LogP contribution in [-0.4, -0.2) is 6.61 Å². The zero-order chi connectivity index (χ0) is 16.2. The molecule has 24 heavy (non-hydrogen) atoms. The van der Waals surface area contributed by atoms with E-state index in [-0.39, 0.29) is 6.04 Å². The van der Waals surface area contributed by atoms with E-state index < -0.39 is 0 Å². The molecule has 0 saturated carbocycles. The Hall–Kier alpha value is -2.94. The first-order valence-corrected chi connectivity index (χ1v) is 8.20. The molecule has 1 unspecified atom stereocenters. The third-order valence-electron chi connectivity index (χ3n) is 4.13. The Morgan fingerprint density at radius 2 is 1.50 bits per heavy atom. The van der Waals surface area contributed by atoms with Gasteiger partial charge in [-0.25, -0.2) is 0 Å². The van der Waals surface area contributed by atoms with Gasteiger partial charge in [0.15, 0.2) is 0 Å². The Morgan fingerprint density at radius 1 is 0.792 bits per heavy atom. The van der Waals surface area contributed by atoms with Gasteiger partial charge in [0.2, 0.25) is 0 Å². The van der Waals surface area contributed by atoms with Crippen molar-refractivity contribution in [2.24, 2.45) is 0 Å². The van der Waals surface area contributed by atoms with Gasteiger partial charge in [-0.05, 0) is 42.5 Å². The predicted molar refractivity (Wildman–Crippen MR) is 95.9 cm³/mol. The molecule has 3 aromatic rings. The topological polar surface area (TPSA) is 30.5 Å². The van der Waals surface area contributed by atoms with Gasteiger partial charge < -0.3 is 14.8 Å². The molecule has 1 N–H and O–H groups in total. The number of fused-ring (bicyclic) bond motifs is 1. The van der Waals surface area contributed by atoms with Crippen LogP contribution in [0.3, 0.4) is 0 Å². The van der Waals surface area contributed by atoms with Gasteiger partial charge in [-0.1, -0.05) is 36.4 Å². The fourth-order valence-electron chi connectivity index (χ4n) is 2.94. The van der Waals surface area contributed by atoms with Gasteiger partial charge in [0.05, 0.1) is 12.6 Å². The highest BCUT2D eigenvalue weighted by molar-refractivity contribution is 5.51. The lowest BCUT2D eigenvalue weighted by Crippen LogP contribution is -2.20. The van der Waals surface area contributed by atoms with Crippen molar-refractivity contribution in [1.29, 1.82) is 0 Å². The normalized spacial score (nSPS) is 15.9. The average Bonchev–Trinajstić information content (AvgIpc) is 2.65. The Bertz CT molecular complexity index is 800. The highest BCUT2D eigenvalue weighted by Gasteiger charge is 2.20. The third kappa shape index (κ3) is 3.20. The molecule has 0 fully saturated rings. The summed E-state index contributed by atoms with van der Waals surface area (Å²) in [5.74, 6) is 2.65. The van der Waals surface area contributed by atoms with Gasteiger partial charge in [-0.3, -0.25) is 0 Å². The van der Waals surface area contributed by atoms with Crippen molar-refractivity contribution in [3.05, 3.63) is 84.4 Å². The summed E-state index contributed by atoms with van der Waals surface area (Å²) in [4.78, 5) is 0. The minimum atomic E-state index is 0.274. The number of benzene rings is 3. The van der Waals surface area contributed by atoms with Gasteiger partial charge in [-0.2, -0.15) is 0 Å². The van der Waals surface area contributed by atoms with Gasteiger partial charge in [0, 0.05) is 17.7 Å². The molecule has 1 aliphatic heterocycles. The lowest BCUT2D eigenvalue weighted by Gasteiger charge is -2.27. The van der Waals surface area contributed by atoms with Crippen LogP contribution in [0.1, 0.15) is 18.0 Å². The molecular weight excluding hydrogens is 298 g/mol. The molecule has 0 amide bonds. The van der Waals surface area contributed by atoms with Crippen LogP contribution in [0.25, 0.3) is 0 Å². The average molecular weight is 317 g/mol. The van der Waals surface area contributed by atoms with Crippen molar-refractivity contribution in [3.63, 3.8) is 0 Å². The largest absolute Gasteiger partial charge is 0.493 e. The summed E-state index contributed by atoms with van der Waals surface area (Å²) < 4.78 is 11.5. The van der Waals surface area contributed by atoms with E-state index in [0.717, 1.165) is 36.0 Å². The molecule has 0 spiro atoms. The van der Waals surface area contributed by atoms with Crippen LogP contribution in [0, 0.1) is 0 Å². The molecule has 0 aromatic heterocycles. The summed E-state index contributed by atoms with van der Waals surface area (Å²) in [6.07, 6.45) is 0.958. The molecule has 3 heteroatoms. The number of hydrogen-bond acceptors (Lipinski definition) is 3. The third-order valence-corrected chi connectivity index (χ3v) is 4.13. The standard InChI is InChI=1S/C21H19NO2/c1-2-6-17(7-3-1)24-18-12-10-16(11-13-18)22-20-14-15-23-21-9-5-4-8-19(20)21/h1-13,20,22H,14-15H2. The molecule has 3 nitrogen and oxygen atoms in total. The second-order valence-electron chi connectivity index (χ2n) is 5.81. The lowest BCUT2D eigenvalue weighted by atomic mass is 10.0. The number of rotatable bonds is 4. The quantitative estimate of drug-likeness (QED) is 0.697. The minimum Gasteiger partial charge on any atom is -0.493 e. The van der Waals surface area contributed by atoms with Crippen molar-refractivity contribution in [2.45, 2.75) is 12.5 Å². The van der Waals surface area contributed by atoms with Crippen LogP contribution in [0.4, 0.5) is 5.69 Å². The summed E-state index contributed by atoms with van der Waals surface area (Å²) >= 11 is 0. The summed E-state index contributed by atoms with van der Waals surface area (Å²) in [7, 11) is 0. The number of hydrogen-bond donors (Lipinski definition) is 1. The molecule has 120 valence electrons. The molecule has 0 radical (unpaired) electrons. The van der Waals surface area contributed by atoms with Crippen LogP contribution < -0.4 is 14.8 Å². The fraction of sp³-hybridized carbons (Fsp3) is 0.143. The summed E-state index contributed by atoms with van der Waals surface area (Å²) in [5.41, 5.74) is 2.30. The van der Waals surface area contributed by atoms with Gasteiger partial charge in [-0.15, -0.1) is 0 Å².